The van der Waals surface area contributed by atoms with E-state index in [0.29, 0.717) is 18.2 Å². The van der Waals surface area contributed by atoms with Crippen molar-refractivity contribution in [2.24, 2.45) is 0 Å². The number of benzene rings is 1. The third-order valence-corrected chi connectivity index (χ3v) is 3.55. The highest BCUT2D eigenvalue weighted by Gasteiger charge is 2.06. The Hall–Kier alpha value is -1.69. The van der Waals surface area contributed by atoms with Crippen molar-refractivity contribution in [3.63, 3.8) is 0 Å². The average molecular weight is 340 g/mol. The first kappa shape index (κ1) is 14.7. The van der Waals surface area contributed by atoms with Gasteiger partial charge in [0.1, 0.15) is 17.5 Å². The number of H-pyrrole nitrogens is 1. The number of aromatic amines is 1. The fourth-order valence-corrected chi connectivity index (χ4v) is 2.09. The maximum absolute atomic E-state index is 13.2. The van der Waals surface area contributed by atoms with Crippen LogP contribution in [0.25, 0.3) is 0 Å². The van der Waals surface area contributed by atoms with Crippen LogP contribution in [0, 0.1) is 5.82 Å². The Kier molecular flexibility index (Phi) is 4.54. The third kappa shape index (κ3) is 3.66. The molecule has 2 aromatic rings. The summed E-state index contributed by atoms with van der Waals surface area (Å²) in [5.74, 6) is 0.934. The molecule has 0 atom stereocenters. The van der Waals surface area contributed by atoms with Gasteiger partial charge >= 0.3 is 0 Å². The minimum atomic E-state index is -0.299. The van der Waals surface area contributed by atoms with Crippen LogP contribution in [0.4, 0.5) is 10.2 Å². The van der Waals surface area contributed by atoms with Gasteiger partial charge in [0.05, 0.1) is 0 Å². The second-order valence-corrected chi connectivity index (χ2v) is 5.61. The molecule has 0 saturated carbocycles. The fraction of sp³-hybridized carbons (Fsp3) is 0.286. The lowest BCUT2D eigenvalue weighted by Crippen LogP contribution is -2.14. The molecule has 0 amide bonds. The summed E-state index contributed by atoms with van der Waals surface area (Å²) in [7, 11) is 0. The van der Waals surface area contributed by atoms with Crippen LogP contribution in [0.2, 0.25) is 0 Å². The van der Waals surface area contributed by atoms with Crippen LogP contribution in [0.5, 0.6) is 0 Å². The Balaban J connectivity index is 2.18. The Labute approximate surface area is 124 Å². The van der Waals surface area contributed by atoms with Crippen molar-refractivity contribution in [2.75, 3.05) is 5.32 Å². The number of aromatic nitrogens is 2. The Morgan fingerprint density at radius 2 is 2.15 bits per heavy atom. The number of hydrogen-bond donors (Lipinski definition) is 2. The molecule has 1 heterocycles. The van der Waals surface area contributed by atoms with Gasteiger partial charge in [0.15, 0.2) is 0 Å². The van der Waals surface area contributed by atoms with Gasteiger partial charge < -0.3 is 10.3 Å². The van der Waals surface area contributed by atoms with Crippen molar-refractivity contribution in [3.8, 4) is 0 Å². The van der Waals surface area contributed by atoms with Gasteiger partial charge in [-0.15, -0.1) is 0 Å². The van der Waals surface area contributed by atoms with Crippen LogP contribution < -0.4 is 10.9 Å². The SMILES string of the molecule is CC(C)c1nc(NCc2cc(F)ccc2Br)cc(=O)[nH]1. The highest BCUT2D eigenvalue weighted by molar-refractivity contribution is 9.10. The second-order valence-electron chi connectivity index (χ2n) is 4.76. The number of rotatable bonds is 4. The molecular formula is C14H15BrFN3O. The van der Waals surface area contributed by atoms with Crippen molar-refractivity contribution >= 4 is 21.7 Å². The van der Waals surface area contributed by atoms with Gasteiger partial charge in [0.2, 0.25) is 0 Å². The molecule has 0 fully saturated rings. The summed E-state index contributed by atoms with van der Waals surface area (Å²) in [6.45, 7) is 4.28. The molecule has 0 radical (unpaired) electrons. The van der Waals surface area contributed by atoms with Gasteiger partial charge in [0.25, 0.3) is 5.56 Å². The van der Waals surface area contributed by atoms with Crippen molar-refractivity contribution in [2.45, 2.75) is 26.3 Å². The minimum Gasteiger partial charge on any atom is -0.366 e. The summed E-state index contributed by atoms with van der Waals surface area (Å²) in [6, 6.07) is 5.86. The predicted molar refractivity (Wildman–Crippen MR) is 80.4 cm³/mol. The summed E-state index contributed by atoms with van der Waals surface area (Å²) >= 11 is 3.36. The zero-order valence-corrected chi connectivity index (χ0v) is 12.8. The molecular weight excluding hydrogens is 325 g/mol. The van der Waals surface area contributed by atoms with E-state index in [1.165, 1.54) is 18.2 Å². The van der Waals surface area contributed by atoms with Gasteiger partial charge in [-0.3, -0.25) is 4.79 Å². The van der Waals surface area contributed by atoms with E-state index in [1.54, 1.807) is 6.07 Å². The number of nitrogens with zero attached hydrogens (tertiary/aromatic N) is 1. The summed E-state index contributed by atoms with van der Waals surface area (Å²) in [5.41, 5.74) is 0.558. The number of anilines is 1. The van der Waals surface area contributed by atoms with E-state index >= 15 is 0 Å². The standard InChI is InChI=1S/C14H15BrFN3O/c1-8(2)14-18-12(6-13(20)19-14)17-7-9-5-10(16)3-4-11(9)15/h3-6,8H,7H2,1-2H3,(H2,17,18,19,20). The highest BCUT2D eigenvalue weighted by atomic mass is 79.9. The van der Waals surface area contributed by atoms with Crippen LogP contribution in [-0.4, -0.2) is 9.97 Å². The zero-order valence-electron chi connectivity index (χ0n) is 11.2. The van der Waals surface area contributed by atoms with Crippen LogP contribution in [0.15, 0.2) is 33.5 Å². The van der Waals surface area contributed by atoms with E-state index in [1.807, 2.05) is 13.8 Å². The van der Waals surface area contributed by atoms with E-state index in [2.05, 4.69) is 31.2 Å². The molecule has 0 aliphatic heterocycles. The van der Waals surface area contributed by atoms with Crippen molar-refractivity contribution in [1.29, 1.82) is 0 Å². The van der Waals surface area contributed by atoms with Gasteiger partial charge in [0, 0.05) is 23.0 Å². The minimum absolute atomic E-state index is 0.130. The molecule has 20 heavy (non-hydrogen) atoms. The lowest BCUT2D eigenvalue weighted by atomic mass is 10.2. The van der Waals surface area contributed by atoms with Gasteiger partial charge in [-0.1, -0.05) is 29.8 Å². The summed E-state index contributed by atoms with van der Waals surface area (Å²) < 4.78 is 14.0. The molecule has 0 aliphatic rings. The molecule has 2 rings (SSSR count). The molecule has 106 valence electrons. The maximum Gasteiger partial charge on any atom is 0.252 e. The van der Waals surface area contributed by atoms with Gasteiger partial charge in [-0.2, -0.15) is 0 Å². The van der Waals surface area contributed by atoms with Crippen LogP contribution in [0.3, 0.4) is 0 Å². The average Bonchev–Trinajstić information content (AvgIpc) is 2.39. The van der Waals surface area contributed by atoms with Crippen molar-refractivity contribution < 1.29 is 4.39 Å². The van der Waals surface area contributed by atoms with E-state index < -0.39 is 0 Å². The van der Waals surface area contributed by atoms with E-state index in [9.17, 15) is 9.18 Å². The van der Waals surface area contributed by atoms with Crippen LogP contribution in [0.1, 0.15) is 31.2 Å². The summed E-state index contributed by atoms with van der Waals surface area (Å²) in [6.07, 6.45) is 0. The first-order valence-corrected chi connectivity index (χ1v) is 7.04. The molecule has 0 spiro atoms. The molecule has 0 aliphatic carbocycles. The fourth-order valence-electron chi connectivity index (χ4n) is 1.71. The van der Waals surface area contributed by atoms with Crippen LogP contribution >= 0.6 is 15.9 Å². The van der Waals surface area contributed by atoms with Crippen molar-refractivity contribution in [3.05, 3.63) is 56.3 Å². The molecule has 6 heteroatoms. The number of hydrogen-bond acceptors (Lipinski definition) is 3. The smallest absolute Gasteiger partial charge is 0.252 e. The highest BCUT2D eigenvalue weighted by Crippen LogP contribution is 2.19. The molecule has 1 aromatic heterocycles. The Morgan fingerprint density at radius 1 is 1.40 bits per heavy atom. The lowest BCUT2D eigenvalue weighted by Gasteiger charge is -2.10. The number of nitrogens with one attached hydrogen (secondary N) is 2. The molecule has 2 N–H and O–H groups in total. The van der Waals surface area contributed by atoms with Gasteiger partial charge in [-0.05, 0) is 23.8 Å². The quantitative estimate of drug-likeness (QED) is 0.897. The summed E-state index contributed by atoms with van der Waals surface area (Å²) in [4.78, 5) is 18.6. The van der Waals surface area contributed by atoms with Crippen LogP contribution in [-0.2, 0) is 6.54 Å². The number of halogens is 2. The normalized spacial score (nSPS) is 10.8. The molecule has 0 bridgehead atoms. The topological polar surface area (TPSA) is 57.8 Å². The Bertz CT molecular complexity index is 670. The monoisotopic (exact) mass is 339 g/mol. The van der Waals surface area contributed by atoms with E-state index in [-0.39, 0.29) is 17.3 Å². The Morgan fingerprint density at radius 3 is 2.85 bits per heavy atom. The summed E-state index contributed by atoms with van der Waals surface area (Å²) in [5, 5.41) is 3.04. The third-order valence-electron chi connectivity index (χ3n) is 2.77. The lowest BCUT2D eigenvalue weighted by molar-refractivity contribution is 0.625. The molecule has 4 nitrogen and oxygen atoms in total. The van der Waals surface area contributed by atoms with Gasteiger partial charge in [-0.25, -0.2) is 9.37 Å². The molecule has 0 unspecified atom stereocenters. The first-order chi connectivity index (χ1) is 9.45. The first-order valence-electron chi connectivity index (χ1n) is 6.25. The molecule has 0 saturated heterocycles. The maximum atomic E-state index is 13.2. The van der Waals surface area contributed by atoms with Crippen molar-refractivity contribution in [1.82, 2.24) is 9.97 Å². The predicted octanol–water partition coefficient (Wildman–Crippen LogP) is 3.41. The zero-order chi connectivity index (χ0) is 14.7. The molecule has 1 aromatic carbocycles. The second kappa shape index (κ2) is 6.17. The van der Waals surface area contributed by atoms with E-state index in [0.717, 1.165) is 10.0 Å². The van der Waals surface area contributed by atoms with E-state index in [4.69, 9.17) is 0 Å². The largest absolute Gasteiger partial charge is 0.366 e.